The SMILES string of the molecule is COC(=O)NC(C(=O)N1CCC[C@H]1c1nc(-c2csc3c(Br)csc23)c[nH]1)C(C)C. The summed E-state index contributed by atoms with van der Waals surface area (Å²) in [7, 11) is 1.30. The largest absolute Gasteiger partial charge is 0.453 e. The smallest absolute Gasteiger partial charge is 0.407 e. The maximum atomic E-state index is 13.2. The minimum absolute atomic E-state index is 0.0543. The monoisotopic (exact) mass is 510 g/mol. The van der Waals surface area contributed by atoms with Crippen LogP contribution in [0, 0.1) is 5.92 Å². The third-order valence-electron chi connectivity index (χ3n) is 5.36. The number of amides is 2. The lowest BCUT2D eigenvalue weighted by Crippen LogP contribution is -2.51. The lowest BCUT2D eigenvalue weighted by Gasteiger charge is -2.29. The third-order valence-corrected chi connectivity index (χ3v) is 8.71. The number of nitrogens with zero attached hydrogens (tertiary/aromatic N) is 2. The lowest BCUT2D eigenvalue weighted by atomic mass is 10.0. The van der Waals surface area contributed by atoms with E-state index < -0.39 is 12.1 Å². The van der Waals surface area contributed by atoms with Gasteiger partial charge in [-0.25, -0.2) is 9.78 Å². The molecule has 1 aliphatic rings. The molecule has 30 heavy (non-hydrogen) atoms. The van der Waals surface area contributed by atoms with E-state index in [1.165, 1.54) is 16.5 Å². The van der Waals surface area contributed by atoms with Crippen molar-refractivity contribution in [3.63, 3.8) is 0 Å². The van der Waals surface area contributed by atoms with Crippen LogP contribution in [0.2, 0.25) is 0 Å². The first-order valence-electron chi connectivity index (χ1n) is 9.75. The Kier molecular flexibility index (Phi) is 6.17. The number of H-pyrrole nitrogens is 1. The van der Waals surface area contributed by atoms with Gasteiger partial charge in [-0.15, -0.1) is 22.7 Å². The van der Waals surface area contributed by atoms with Crippen LogP contribution in [-0.4, -0.2) is 46.6 Å². The van der Waals surface area contributed by atoms with E-state index in [4.69, 9.17) is 9.72 Å². The topological polar surface area (TPSA) is 87.3 Å². The van der Waals surface area contributed by atoms with Crippen molar-refractivity contribution in [2.75, 3.05) is 13.7 Å². The van der Waals surface area contributed by atoms with Crippen molar-refractivity contribution in [3.8, 4) is 11.3 Å². The summed E-state index contributed by atoms with van der Waals surface area (Å²) < 4.78 is 8.25. The summed E-state index contributed by atoms with van der Waals surface area (Å²) in [5.74, 6) is 0.628. The number of hydrogen-bond acceptors (Lipinski definition) is 6. The second-order valence-electron chi connectivity index (χ2n) is 7.61. The molecule has 0 aliphatic carbocycles. The van der Waals surface area contributed by atoms with Gasteiger partial charge in [-0.3, -0.25) is 4.79 Å². The van der Waals surface area contributed by atoms with Crippen molar-refractivity contribution < 1.29 is 14.3 Å². The van der Waals surface area contributed by atoms with E-state index in [-0.39, 0.29) is 17.9 Å². The number of carbonyl (C=O) groups is 2. The van der Waals surface area contributed by atoms with E-state index in [1.54, 1.807) is 22.7 Å². The highest BCUT2D eigenvalue weighted by molar-refractivity contribution is 9.10. The summed E-state index contributed by atoms with van der Waals surface area (Å²) in [6.07, 6.45) is 3.06. The maximum Gasteiger partial charge on any atom is 0.407 e. The average molecular weight is 511 g/mol. The van der Waals surface area contributed by atoms with Crippen LogP contribution in [0.4, 0.5) is 4.79 Å². The number of methoxy groups -OCH3 is 1. The first-order chi connectivity index (χ1) is 14.4. The molecular weight excluding hydrogens is 488 g/mol. The van der Waals surface area contributed by atoms with Gasteiger partial charge in [-0.1, -0.05) is 13.8 Å². The van der Waals surface area contributed by atoms with Crippen LogP contribution in [0.15, 0.2) is 21.4 Å². The number of thiophene rings is 2. The van der Waals surface area contributed by atoms with Gasteiger partial charge in [0.05, 0.1) is 28.2 Å². The number of likely N-dealkylation sites (tertiary alicyclic amines) is 1. The van der Waals surface area contributed by atoms with E-state index >= 15 is 0 Å². The molecule has 1 fully saturated rings. The van der Waals surface area contributed by atoms with Gasteiger partial charge in [0.1, 0.15) is 11.9 Å². The Hall–Kier alpha value is -1.91. The number of imidazole rings is 1. The van der Waals surface area contributed by atoms with Crippen LogP contribution in [0.25, 0.3) is 20.7 Å². The first kappa shape index (κ1) is 21.3. The van der Waals surface area contributed by atoms with Crippen molar-refractivity contribution in [2.24, 2.45) is 5.92 Å². The zero-order chi connectivity index (χ0) is 21.4. The average Bonchev–Trinajstić information content (AvgIpc) is 3.49. The van der Waals surface area contributed by atoms with E-state index in [0.29, 0.717) is 6.54 Å². The Labute approximate surface area is 191 Å². The third kappa shape index (κ3) is 3.88. The molecule has 1 saturated heterocycles. The normalized spacial score (nSPS) is 17.6. The molecule has 2 N–H and O–H groups in total. The second kappa shape index (κ2) is 8.68. The van der Waals surface area contributed by atoms with Crippen LogP contribution in [0.3, 0.4) is 0 Å². The minimum Gasteiger partial charge on any atom is -0.453 e. The number of rotatable bonds is 5. The van der Waals surface area contributed by atoms with Gasteiger partial charge in [0.25, 0.3) is 0 Å². The number of nitrogens with one attached hydrogen (secondary N) is 2. The quantitative estimate of drug-likeness (QED) is 0.496. The van der Waals surface area contributed by atoms with Crippen LogP contribution < -0.4 is 5.32 Å². The molecule has 4 heterocycles. The predicted molar refractivity (Wildman–Crippen MR) is 123 cm³/mol. The van der Waals surface area contributed by atoms with Crippen molar-refractivity contribution in [3.05, 3.63) is 27.3 Å². The molecule has 2 atom stereocenters. The van der Waals surface area contributed by atoms with Crippen LogP contribution in [-0.2, 0) is 9.53 Å². The minimum atomic E-state index is -0.632. The van der Waals surface area contributed by atoms with Crippen molar-refractivity contribution in [1.29, 1.82) is 0 Å². The molecule has 160 valence electrons. The van der Waals surface area contributed by atoms with Crippen molar-refractivity contribution in [1.82, 2.24) is 20.2 Å². The molecule has 2 amide bonds. The van der Waals surface area contributed by atoms with Gasteiger partial charge in [-0.2, -0.15) is 0 Å². The molecule has 1 aliphatic heterocycles. The number of halogens is 1. The maximum absolute atomic E-state index is 13.2. The van der Waals surface area contributed by atoms with E-state index in [9.17, 15) is 9.59 Å². The molecule has 4 rings (SSSR count). The second-order valence-corrected chi connectivity index (χ2v) is 10.2. The zero-order valence-electron chi connectivity index (χ0n) is 16.9. The van der Waals surface area contributed by atoms with E-state index in [2.05, 4.69) is 37.0 Å². The molecular formula is C20H23BrN4O3S2. The number of aromatic amines is 1. The molecule has 0 bridgehead atoms. The standard InChI is InChI=1S/C20H23BrN4O3S2/c1-10(2)15(24-20(27)28-3)19(26)25-6-4-5-14(25)18-22-7-13(23-18)11-8-29-17-12(21)9-30-16(11)17/h7-10,14-15H,4-6H2,1-3H3,(H,22,23)(H,24,27)/t14-,15?/m0/s1. The molecule has 3 aromatic heterocycles. The summed E-state index contributed by atoms with van der Waals surface area (Å²) in [4.78, 5) is 34.9. The highest BCUT2D eigenvalue weighted by atomic mass is 79.9. The van der Waals surface area contributed by atoms with Gasteiger partial charge in [0.2, 0.25) is 5.91 Å². The van der Waals surface area contributed by atoms with Crippen molar-refractivity contribution >= 4 is 60.0 Å². The van der Waals surface area contributed by atoms with Crippen LogP contribution >= 0.6 is 38.6 Å². The van der Waals surface area contributed by atoms with Crippen LogP contribution in [0.5, 0.6) is 0 Å². The van der Waals surface area contributed by atoms with E-state index in [1.807, 2.05) is 24.9 Å². The number of ether oxygens (including phenoxy) is 1. The summed E-state index contributed by atoms with van der Waals surface area (Å²) in [6, 6.07) is -0.761. The summed E-state index contributed by atoms with van der Waals surface area (Å²) in [6.45, 7) is 4.47. The zero-order valence-corrected chi connectivity index (χ0v) is 20.1. The molecule has 0 aromatic carbocycles. The first-order valence-corrected chi connectivity index (χ1v) is 12.3. The molecule has 0 radical (unpaired) electrons. The number of alkyl carbamates (subject to hydrolysis) is 1. The summed E-state index contributed by atoms with van der Waals surface area (Å²) >= 11 is 6.99. The fourth-order valence-electron chi connectivity index (χ4n) is 3.81. The Balaban J connectivity index is 1.58. The number of fused-ring (bicyclic) bond motifs is 1. The number of hydrogen-bond donors (Lipinski definition) is 2. The molecule has 0 spiro atoms. The molecule has 10 heteroatoms. The molecule has 1 unspecified atom stereocenters. The van der Waals surface area contributed by atoms with Gasteiger partial charge in [0.15, 0.2) is 0 Å². The fourth-order valence-corrected chi connectivity index (χ4v) is 6.85. The molecule has 0 saturated carbocycles. The van der Waals surface area contributed by atoms with Gasteiger partial charge in [0, 0.05) is 33.5 Å². The Morgan fingerprint density at radius 2 is 2.10 bits per heavy atom. The number of aromatic nitrogens is 2. The Morgan fingerprint density at radius 3 is 2.83 bits per heavy atom. The van der Waals surface area contributed by atoms with Gasteiger partial charge < -0.3 is 19.9 Å². The number of carbonyl (C=O) groups excluding carboxylic acids is 2. The lowest BCUT2D eigenvalue weighted by molar-refractivity contribution is -0.135. The molecule has 7 nitrogen and oxygen atoms in total. The van der Waals surface area contributed by atoms with Crippen molar-refractivity contribution in [2.45, 2.75) is 38.8 Å². The molecule has 3 aromatic rings. The summed E-state index contributed by atoms with van der Waals surface area (Å²) in [5.41, 5.74) is 1.99. The Morgan fingerprint density at radius 1 is 1.33 bits per heavy atom. The Bertz CT molecular complexity index is 1070. The van der Waals surface area contributed by atoms with Crippen LogP contribution in [0.1, 0.15) is 38.6 Å². The van der Waals surface area contributed by atoms with E-state index in [0.717, 1.165) is 34.4 Å². The fraction of sp³-hybridized carbons (Fsp3) is 0.450. The predicted octanol–water partition coefficient (Wildman–Crippen LogP) is 5.16. The van der Waals surface area contributed by atoms with Gasteiger partial charge in [-0.05, 0) is 34.7 Å². The summed E-state index contributed by atoms with van der Waals surface area (Å²) in [5, 5.41) is 6.90. The highest BCUT2D eigenvalue weighted by Crippen LogP contribution is 2.42. The highest BCUT2D eigenvalue weighted by Gasteiger charge is 2.37. The van der Waals surface area contributed by atoms with Gasteiger partial charge >= 0.3 is 6.09 Å².